The van der Waals surface area contributed by atoms with Crippen molar-refractivity contribution in [2.24, 2.45) is 0 Å². The molecule has 5 nitrogen and oxygen atoms in total. The summed E-state index contributed by atoms with van der Waals surface area (Å²) in [6.07, 6.45) is 2.16. The smallest absolute Gasteiger partial charge is 0.238 e. The van der Waals surface area contributed by atoms with Crippen molar-refractivity contribution in [2.45, 2.75) is 18.9 Å². The number of carbonyl (C=O) groups is 1. The number of methoxy groups -OCH3 is 2. The summed E-state index contributed by atoms with van der Waals surface area (Å²) in [7, 11) is 3.27. The van der Waals surface area contributed by atoms with Crippen LogP contribution in [0.4, 0.5) is 5.69 Å². The Morgan fingerprint density at radius 2 is 1.88 bits per heavy atom. The molecule has 1 aliphatic rings. The molecule has 2 aromatic carbocycles. The molecule has 25 heavy (non-hydrogen) atoms. The van der Waals surface area contributed by atoms with Crippen LogP contribution >= 0.6 is 0 Å². The van der Waals surface area contributed by atoms with Crippen LogP contribution in [0.2, 0.25) is 0 Å². The van der Waals surface area contributed by atoms with E-state index in [0.717, 1.165) is 25.1 Å². The van der Waals surface area contributed by atoms with Gasteiger partial charge in [-0.05, 0) is 49.2 Å². The van der Waals surface area contributed by atoms with E-state index in [4.69, 9.17) is 9.47 Å². The van der Waals surface area contributed by atoms with E-state index in [-0.39, 0.29) is 11.9 Å². The number of anilines is 1. The molecule has 1 atom stereocenters. The van der Waals surface area contributed by atoms with Crippen molar-refractivity contribution >= 4 is 11.6 Å². The fourth-order valence-corrected chi connectivity index (χ4v) is 3.34. The number of nitrogens with one attached hydrogen (secondary N) is 1. The Bertz CT molecular complexity index is 715. The van der Waals surface area contributed by atoms with Crippen molar-refractivity contribution in [1.82, 2.24) is 4.90 Å². The summed E-state index contributed by atoms with van der Waals surface area (Å²) in [5.74, 6) is 1.50. The summed E-state index contributed by atoms with van der Waals surface area (Å²) in [4.78, 5) is 14.7. The van der Waals surface area contributed by atoms with Gasteiger partial charge in [0.2, 0.25) is 5.91 Å². The van der Waals surface area contributed by atoms with Crippen molar-refractivity contribution in [3.05, 3.63) is 54.1 Å². The Hall–Kier alpha value is -2.53. The molecule has 0 unspecified atom stereocenters. The minimum absolute atomic E-state index is 0.0232. The monoisotopic (exact) mass is 340 g/mol. The molecule has 1 fully saturated rings. The molecular weight excluding hydrogens is 316 g/mol. The van der Waals surface area contributed by atoms with Gasteiger partial charge < -0.3 is 14.8 Å². The predicted molar refractivity (Wildman–Crippen MR) is 98.2 cm³/mol. The van der Waals surface area contributed by atoms with E-state index in [1.54, 1.807) is 14.2 Å². The summed E-state index contributed by atoms with van der Waals surface area (Å²) >= 11 is 0. The van der Waals surface area contributed by atoms with Crippen LogP contribution in [-0.4, -0.2) is 38.1 Å². The van der Waals surface area contributed by atoms with Crippen molar-refractivity contribution in [3.8, 4) is 11.5 Å². The molecule has 0 spiro atoms. The van der Waals surface area contributed by atoms with Gasteiger partial charge in [0.25, 0.3) is 0 Å². The summed E-state index contributed by atoms with van der Waals surface area (Å²) in [5.41, 5.74) is 1.93. The lowest BCUT2D eigenvalue weighted by atomic mass is 10.0. The van der Waals surface area contributed by atoms with Crippen LogP contribution in [0.1, 0.15) is 24.4 Å². The predicted octanol–water partition coefficient (Wildman–Crippen LogP) is 3.48. The second-order valence-corrected chi connectivity index (χ2v) is 6.15. The van der Waals surface area contributed by atoms with Crippen molar-refractivity contribution in [2.75, 3.05) is 32.6 Å². The standard InChI is InChI=1S/C20H24N2O3/c1-24-16-11-9-15(10-12-16)18-7-5-13-22(18)14-20(23)21-17-6-3-4-8-19(17)25-2/h3-4,6,8-12,18H,5,7,13-14H2,1-2H3,(H,21,23)/t18-/m1/s1. The fraction of sp³-hybridized carbons (Fsp3) is 0.350. The fourth-order valence-electron chi connectivity index (χ4n) is 3.34. The second kappa shape index (κ2) is 8.03. The highest BCUT2D eigenvalue weighted by molar-refractivity contribution is 5.93. The Labute approximate surface area is 148 Å². The Morgan fingerprint density at radius 3 is 2.60 bits per heavy atom. The minimum Gasteiger partial charge on any atom is -0.497 e. The van der Waals surface area contributed by atoms with Crippen LogP contribution < -0.4 is 14.8 Å². The molecule has 1 heterocycles. The summed E-state index contributed by atoms with van der Waals surface area (Å²) in [6, 6.07) is 15.8. The van der Waals surface area contributed by atoms with Crippen LogP contribution in [0.15, 0.2) is 48.5 Å². The van der Waals surface area contributed by atoms with Crippen molar-refractivity contribution in [1.29, 1.82) is 0 Å². The van der Waals surface area contributed by atoms with E-state index in [9.17, 15) is 4.79 Å². The molecule has 0 radical (unpaired) electrons. The topological polar surface area (TPSA) is 50.8 Å². The van der Waals surface area contributed by atoms with Crippen LogP contribution in [0.25, 0.3) is 0 Å². The van der Waals surface area contributed by atoms with E-state index in [0.29, 0.717) is 18.0 Å². The molecule has 1 aliphatic heterocycles. The molecule has 1 N–H and O–H groups in total. The normalized spacial score (nSPS) is 17.3. The zero-order valence-corrected chi connectivity index (χ0v) is 14.7. The molecule has 1 saturated heterocycles. The molecule has 0 saturated carbocycles. The highest BCUT2D eigenvalue weighted by Crippen LogP contribution is 2.32. The highest BCUT2D eigenvalue weighted by Gasteiger charge is 2.27. The first kappa shape index (κ1) is 17.3. The van der Waals surface area contributed by atoms with Crippen LogP contribution in [-0.2, 0) is 4.79 Å². The van der Waals surface area contributed by atoms with Crippen LogP contribution in [0.5, 0.6) is 11.5 Å². The van der Waals surface area contributed by atoms with Crippen LogP contribution in [0.3, 0.4) is 0 Å². The number of nitrogens with zero attached hydrogens (tertiary/aromatic N) is 1. The molecule has 0 aliphatic carbocycles. The number of ether oxygens (including phenoxy) is 2. The average molecular weight is 340 g/mol. The van der Waals surface area contributed by atoms with Gasteiger partial charge in [0.05, 0.1) is 26.5 Å². The number of hydrogen-bond acceptors (Lipinski definition) is 4. The van der Waals surface area contributed by atoms with Crippen molar-refractivity contribution in [3.63, 3.8) is 0 Å². The number of amides is 1. The molecule has 1 amide bonds. The lowest BCUT2D eigenvalue weighted by Gasteiger charge is -2.24. The summed E-state index contributed by atoms with van der Waals surface area (Å²) in [6.45, 7) is 1.30. The molecule has 132 valence electrons. The van der Waals surface area contributed by atoms with E-state index < -0.39 is 0 Å². The lowest BCUT2D eigenvalue weighted by molar-refractivity contribution is -0.117. The van der Waals surface area contributed by atoms with Crippen molar-refractivity contribution < 1.29 is 14.3 Å². The van der Waals surface area contributed by atoms with Gasteiger partial charge in [0.15, 0.2) is 0 Å². The Balaban J connectivity index is 1.65. The first-order chi connectivity index (χ1) is 12.2. The number of benzene rings is 2. The summed E-state index contributed by atoms with van der Waals surface area (Å²) < 4.78 is 10.5. The maximum atomic E-state index is 12.5. The maximum absolute atomic E-state index is 12.5. The third-order valence-electron chi connectivity index (χ3n) is 4.59. The van der Waals surface area contributed by atoms with Gasteiger partial charge in [-0.2, -0.15) is 0 Å². The van der Waals surface area contributed by atoms with E-state index in [1.807, 2.05) is 36.4 Å². The first-order valence-corrected chi connectivity index (χ1v) is 8.52. The molecular formula is C20H24N2O3. The van der Waals surface area contributed by atoms with E-state index >= 15 is 0 Å². The number of carbonyl (C=O) groups excluding carboxylic acids is 1. The van der Waals surface area contributed by atoms with Gasteiger partial charge in [-0.15, -0.1) is 0 Å². The zero-order valence-electron chi connectivity index (χ0n) is 14.7. The van der Waals surface area contributed by atoms with Gasteiger partial charge in [0, 0.05) is 6.04 Å². The Morgan fingerprint density at radius 1 is 1.12 bits per heavy atom. The van der Waals surface area contributed by atoms with E-state index in [2.05, 4.69) is 22.3 Å². The van der Waals surface area contributed by atoms with Gasteiger partial charge in [-0.1, -0.05) is 24.3 Å². The van der Waals surface area contributed by atoms with Gasteiger partial charge in [0.1, 0.15) is 11.5 Å². The van der Waals surface area contributed by atoms with Gasteiger partial charge in [-0.3, -0.25) is 9.69 Å². The number of likely N-dealkylation sites (tertiary alicyclic amines) is 1. The second-order valence-electron chi connectivity index (χ2n) is 6.15. The average Bonchev–Trinajstić information content (AvgIpc) is 3.10. The maximum Gasteiger partial charge on any atom is 0.238 e. The van der Waals surface area contributed by atoms with Crippen LogP contribution in [0, 0.1) is 0 Å². The quantitative estimate of drug-likeness (QED) is 0.875. The first-order valence-electron chi connectivity index (χ1n) is 8.52. The largest absolute Gasteiger partial charge is 0.497 e. The number of rotatable bonds is 6. The molecule has 5 heteroatoms. The number of para-hydroxylation sites is 2. The third kappa shape index (κ3) is 4.12. The molecule has 0 aromatic heterocycles. The molecule has 2 aromatic rings. The van der Waals surface area contributed by atoms with E-state index in [1.165, 1.54) is 5.56 Å². The summed E-state index contributed by atoms with van der Waals surface area (Å²) in [5, 5.41) is 2.95. The zero-order chi connectivity index (χ0) is 17.6. The third-order valence-corrected chi connectivity index (χ3v) is 4.59. The van der Waals surface area contributed by atoms with Gasteiger partial charge >= 0.3 is 0 Å². The molecule has 3 rings (SSSR count). The molecule has 0 bridgehead atoms. The minimum atomic E-state index is -0.0232. The Kier molecular flexibility index (Phi) is 5.56. The SMILES string of the molecule is COc1ccc([C@H]2CCCN2CC(=O)Nc2ccccc2OC)cc1. The highest BCUT2D eigenvalue weighted by atomic mass is 16.5. The lowest BCUT2D eigenvalue weighted by Crippen LogP contribution is -2.33. The van der Waals surface area contributed by atoms with Gasteiger partial charge in [-0.25, -0.2) is 0 Å². The number of hydrogen-bond donors (Lipinski definition) is 1.